The van der Waals surface area contributed by atoms with Crippen molar-refractivity contribution < 1.29 is 23.4 Å². The van der Waals surface area contributed by atoms with E-state index in [2.05, 4.69) is 4.98 Å². The van der Waals surface area contributed by atoms with E-state index in [0.29, 0.717) is 42.9 Å². The van der Waals surface area contributed by atoms with E-state index in [1.54, 1.807) is 24.4 Å². The van der Waals surface area contributed by atoms with Crippen molar-refractivity contribution in [1.29, 1.82) is 0 Å². The minimum Gasteiger partial charge on any atom is -0.481 e. The fourth-order valence-corrected chi connectivity index (χ4v) is 3.78. The number of aromatic nitrogens is 1. The topological polar surface area (TPSA) is 62.7 Å². The molecule has 1 aliphatic heterocycles. The highest BCUT2D eigenvalue weighted by Gasteiger charge is 2.44. The summed E-state index contributed by atoms with van der Waals surface area (Å²) >= 11 is 0. The van der Waals surface area contributed by atoms with Gasteiger partial charge in [0, 0.05) is 37.7 Å². The largest absolute Gasteiger partial charge is 0.481 e. The standard InChI is InChI=1S/C21H26F2N2O3/c1-14(2)28-20-17(4-3-9-24-20)16-5-8-21(23,18(22)13-16)25-10-6-15(7-11-25)12-19(26)27/h3-5,9,13-15H,6-8,10-12H2,1-2H3,(H,26,27). The third-order valence-corrected chi connectivity index (χ3v) is 5.25. The summed E-state index contributed by atoms with van der Waals surface area (Å²) in [7, 11) is 0. The van der Waals surface area contributed by atoms with E-state index in [4.69, 9.17) is 9.84 Å². The van der Waals surface area contributed by atoms with Crippen molar-refractivity contribution in [3.63, 3.8) is 0 Å². The average Bonchev–Trinajstić information content (AvgIpc) is 2.64. The predicted molar refractivity (Wildman–Crippen MR) is 102 cm³/mol. The van der Waals surface area contributed by atoms with Crippen molar-refractivity contribution in [3.8, 4) is 5.88 Å². The summed E-state index contributed by atoms with van der Waals surface area (Å²) in [6, 6.07) is 3.52. The third kappa shape index (κ3) is 4.41. The fourth-order valence-electron chi connectivity index (χ4n) is 3.78. The van der Waals surface area contributed by atoms with Crippen molar-refractivity contribution in [2.24, 2.45) is 5.92 Å². The quantitative estimate of drug-likeness (QED) is 0.729. The maximum absolute atomic E-state index is 15.5. The molecule has 0 bridgehead atoms. The first-order valence-corrected chi connectivity index (χ1v) is 9.65. The number of aliphatic carboxylic acids is 1. The molecule has 1 atom stereocenters. The first-order chi connectivity index (χ1) is 13.3. The summed E-state index contributed by atoms with van der Waals surface area (Å²) in [5.41, 5.74) is 1.18. The van der Waals surface area contributed by atoms with Gasteiger partial charge in [0.2, 0.25) is 11.7 Å². The van der Waals surface area contributed by atoms with E-state index < -0.39 is 17.6 Å². The van der Waals surface area contributed by atoms with E-state index in [0.717, 1.165) is 0 Å². The van der Waals surface area contributed by atoms with Gasteiger partial charge in [0.05, 0.1) is 6.10 Å². The molecule has 1 saturated heterocycles. The number of alkyl halides is 1. The van der Waals surface area contributed by atoms with Gasteiger partial charge in [-0.2, -0.15) is 0 Å². The van der Waals surface area contributed by atoms with Crippen LogP contribution < -0.4 is 4.74 Å². The molecule has 1 unspecified atom stereocenters. The Labute approximate surface area is 163 Å². The molecule has 2 aliphatic rings. The molecular weight excluding hydrogens is 366 g/mol. The number of likely N-dealkylation sites (tertiary alicyclic amines) is 1. The molecule has 0 amide bonds. The SMILES string of the molecule is CC(C)Oc1ncccc1C1=CCC(F)(N2CCC(CC(=O)O)CC2)C(F)=C1. The van der Waals surface area contributed by atoms with Crippen molar-refractivity contribution in [2.45, 2.75) is 51.4 Å². The maximum atomic E-state index is 15.5. The van der Waals surface area contributed by atoms with Gasteiger partial charge in [0.25, 0.3) is 0 Å². The van der Waals surface area contributed by atoms with E-state index in [-0.39, 0.29) is 24.9 Å². The van der Waals surface area contributed by atoms with Crippen LogP contribution in [0.5, 0.6) is 5.88 Å². The molecule has 2 heterocycles. The van der Waals surface area contributed by atoms with Crippen LogP contribution in [0.1, 0.15) is 45.1 Å². The molecule has 1 aromatic rings. The molecule has 5 nitrogen and oxygen atoms in total. The van der Waals surface area contributed by atoms with Crippen LogP contribution in [0.3, 0.4) is 0 Å². The molecule has 0 saturated carbocycles. The fraction of sp³-hybridized carbons (Fsp3) is 0.524. The van der Waals surface area contributed by atoms with Gasteiger partial charge in [-0.05, 0) is 56.4 Å². The van der Waals surface area contributed by atoms with Gasteiger partial charge < -0.3 is 9.84 Å². The van der Waals surface area contributed by atoms with Crippen LogP contribution in [0, 0.1) is 5.92 Å². The minimum atomic E-state index is -2.18. The molecule has 152 valence electrons. The molecule has 0 aromatic carbocycles. The first kappa shape index (κ1) is 20.5. The third-order valence-electron chi connectivity index (χ3n) is 5.25. The van der Waals surface area contributed by atoms with Crippen molar-refractivity contribution in [1.82, 2.24) is 9.88 Å². The van der Waals surface area contributed by atoms with E-state index in [9.17, 15) is 9.18 Å². The number of carboxylic acids is 1. The smallest absolute Gasteiger partial charge is 0.303 e. The Morgan fingerprint density at radius 1 is 1.43 bits per heavy atom. The molecule has 1 N–H and O–H groups in total. The average molecular weight is 392 g/mol. The number of allylic oxidation sites excluding steroid dienone is 2. The second-order valence-electron chi connectivity index (χ2n) is 7.67. The number of ether oxygens (including phenoxy) is 1. The van der Waals surface area contributed by atoms with Crippen molar-refractivity contribution >= 4 is 11.5 Å². The summed E-state index contributed by atoms with van der Waals surface area (Å²) in [6.07, 6.45) is 5.49. The molecule has 1 fully saturated rings. The number of nitrogens with zero attached hydrogens (tertiary/aromatic N) is 2. The van der Waals surface area contributed by atoms with Gasteiger partial charge in [0.1, 0.15) is 0 Å². The van der Waals surface area contributed by atoms with E-state index in [1.807, 2.05) is 13.8 Å². The van der Waals surface area contributed by atoms with Crippen molar-refractivity contribution in [2.75, 3.05) is 13.1 Å². The van der Waals surface area contributed by atoms with Crippen LogP contribution in [0.2, 0.25) is 0 Å². The molecule has 0 spiro atoms. The van der Waals surface area contributed by atoms with Gasteiger partial charge in [-0.1, -0.05) is 6.08 Å². The zero-order chi connectivity index (χ0) is 20.3. The maximum Gasteiger partial charge on any atom is 0.303 e. The summed E-state index contributed by atoms with van der Waals surface area (Å²) in [5, 5.41) is 8.91. The van der Waals surface area contributed by atoms with Gasteiger partial charge >= 0.3 is 5.97 Å². The molecule has 1 aromatic heterocycles. The number of hydrogen-bond acceptors (Lipinski definition) is 4. The Balaban J connectivity index is 1.74. The lowest BCUT2D eigenvalue weighted by atomic mass is 9.89. The second-order valence-corrected chi connectivity index (χ2v) is 7.67. The predicted octanol–water partition coefficient (Wildman–Crippen LogP) is 4.36. The molecular formula is C21H26F2N2O3. The van der Waals surface area contributed by atoms with Gasteiger partial charge in [-0.3, -0.25) is 9.69 Å². The van der Waals surface area contributed by atoms with Crippen LogP contribution in [-0.2, 0) is 4.79 Å². The monoisotopic (exact) mass is 392 g/mol. The Hall–Kier alpha value is -2.28. The number of pyridine rings is 1. The highest BCUT2D eigenvalue weighted by Crippen LogP contribution is 2.42. The highest BCUT2D eigenvalue weighted by molar-refractivity contribution is 5.78. The molecule has 0 radical (unpaired) electrons. The Morgan fingerprint density at radius 3 is 2.75 bits per heavy atom. The lowest BCUT2D eigenvalue weighted by Gasteiger charge is -2.41. The van der Waals surface area contributed by atoms with Crippen LogP contribution >= 0.6 is 0 Å². The second kappa shape index (κ2) is 8.39. The normalized spacial score (nSPS) is 24.0. The minimum absolute atomic E-state index is 0.0187. The first-order valence-electron chi connectivity index (χ1n) is 9.65. The number of hydrogen-bond donors (Lipinski definition) is 1. The van der Waals surface area contributed by atoms with E-state index >= 15 is 4.39 Å². The van der Waals surface area contributed by atoms with Crippen LogP contribution in [0.4, 0.5) is 8.78 Å². The van der Waals surface area contributed by atoms with E-state index in [1.165, 1.54) is 11.0 Å². The summed E-state index contributed by atoms with van der Waals surface area (Å²) in [6.45, 7) is 4.44. The zero-order valence-electron chi connectivity index (χ0n) is 16.2. The van der Waals surface area contributed by atoms with Crippen molar-refractivity contribution in [3.05, 3.63) is 41.9 Å². The Morgan fingerprint density at radius 2 is 2.14 bits per heavy atom. The lowest BCUT2D eigenvalue weighted by Crippen LogP contribution is -2.50. The van der Waals surface area contributed by atoms with Crippen LogP contribution in [0.25, 0.3) is 5.57 Å². The number of carbonyl (C=O) groups is 1. The number of carboxylic acid groups (broad SMARTS) is 1. The van der Waals surface area contributed by atoms with Crippen LogP contribution in [0.15, 0.2) is 36.3 Å². The number of rotatable bonds is 6. The number of piperidine rings is 1. The molecule has 1 aliphatic carbocycles. The van der Waals surface area contributed by atoms with Gasteiger partial charge in [0.15, 0.2) is 5.83 Å². The number of halogens is 2. The summed E-state index contributed by atoms with van der Waals surface area (Å²) < 4.78 is 36.1. The molecule has 3 rings (SSSR count). The lowest BCUT2D eigenvalue weighted by molar-refractivity contribution is -0.138. The Bertz CT molecular complexity index is 786. The Kier molecular flexibility index (Phi) is 6.13. The van der Waals surface area contributed by atoms with Gasteiger partial charge in [-0.15, -0.1) is 0 Å². The highest BCUT2D eigenvalue weighted by atomic mass is 19.2. The summed E-state index contributed by atoms with van der Waals surface area (Å²) in [5.74, 6) is -3.44. The van der Waals surface area contributed by atoms with Gasteiger partial charge in [-0.25, -0.2) is 13.8 Å². The van der Waals surface area contributed by atoms with Crippen LogP contribution in [-0.4, -0.2) is 45.9 Å². The zero-order valence-corrected chi connectivity index (χ0v) is 16.2. The molecule has 7 heteroatoms. The summed E-state index contributed by atoms with van der Waals surface area (Å²) in [4.78, 5) is 16.5. The molecule has 28 heavy (non-hydrogen) atoms.